The van der Waals surface area contributed by atoms with Crippen molar-refractivity contribution in [1.29, 1.82) is 0 Å². The molecular weight excluding hydrogens is 534 g/mol. The zero-order valence-electron chi connectivity index (χ0n) is 23.5. The fraction of sp³-hybridized carbons (Fsp3) is 0.312. The van der Waals surface area contributed by atoms with Crippen LogP contribution in [-0.4, -0.2) is 42.8 Å². The number of nitrogens with one attached hydrogen (secondary N) is 1. The monoisotopic (exact) mass is 569 g/mol. The van der Waals surface area contributed by atoms with Crippen molar-refractivity contribution in [3.05, 3.63) is 87.3 Å². The van der Waals surface area contributed by atoms with Gasteiger partial charge in [-0.25, -0.2) is 0 Å². The Morgan fingerprint density at radius 1 is 1.10 bits per heavy atom. The zero-order chi connectivity index (χ0) is 29.1. The van der Waals surface area contributed by atoms with Crippen molar-refractivity contribution in [1.82, 2.24) is 10.2 Å². The van der Waals surface area contributed by atoms with E-state index in [0.717, 1.165) is 47.5 Å². The van der Waals surface area contributed by atoms with Gasteiger partial charge in [-0.1, -0.05) is 24.3 Å². The van der Waals surface area contributed by atoms with E-state index in [9.17, 15) is 9.59 Å². The first kappa shape index (κ1) is 27.4. The topological polar surface area (TPSA) is 137 Å². The van der Waals surface area contributed by atoms with Crippen molar-refractivity contribution < 1.29 is 14.3 Å². The van der Waals surface area contributed by atoms with Crippen LogP contribution in [0.2, 0.25) is 0 Å². The number of hydrogen-bond donors (Lipinski definition) is 4. The molecular formula is C32H35N5O3S. The fourth-order valence-electron chi connectivity index (χ4n) is 6.32. The Bertz CT molecular complexity index is 1700. The van der Waals surface area contributed by atoms with Gasteiger partial charge in [0.1, 0.15) is 17.0 Å². The van der Waals surface area contributed by atoms with Crippen molar-refractivity contribution in [2.24, 2.45) is 11.5 Å². The van der Waals surface area contributed by atoms with E-state index < -0.39 is 11.6 Å². The normalized spacial score (nSPS) is 22.6. The third-order valence-corrected chi connectivity index (χ3v) is 9.58. The molecule has 0 spiro atoms. The maximum atomic E-state index is 14.2. The third kappa shape index (κ3) is 4.59. The average Bonchev–Trinajstić information content (AvgIpc) is 3.33. The number of piperidine rings is 1. The Hall–Kier alpha value is -3.76. The quantitative estimate of drug-likeness (QED) is 0.260. The van der Waals surface area contributed by atoms with Gasteiger partial charge in [-0.3, -0.25) is 9.59 Å². The van der Waals surface area contributed by atoms with E-state index in [1.165, 1.54) is 11.3 Å². The number of hydrogen-bond acceptors (Lipinski definition) is 8. The van der Waals surface area contributed by atoms with E-state index in [4.69, 9.17) is 21.9 Å². The average molecular weight is 570 g/mol. The summed E-state index contributed by atoms with van der Waals surface area (Å²) in [5.41, 5.74) is 22.8. The van der Waals surface area contributed by atoms with Crippen LogP contribution in [0.1, 0.15) is 56.4 Å². The van der Waals surface area contributed by atoms with Gasteiger partial charge >= 0.3 is 0 Å². The van der Waals surface area contributed by atoms with Crippen LogP contribution in [0.25, 0.3) is 10.1 Å². The standard InChI is InChI=1S/C32H35N5O3S/c1-17-6-4-8-20(14-17)40-21-9-10-22(18(2)15-21)32(35)23-11-12-24(33)28-25(23)26(27(34)30(32)38)29(41-28)31(39)36-19-7-5-13-37(3)16-19/h4,6,8-12,14-15,19,27H,5,7,13,16,33-35H2,1-3H3,(H,36,39). The number of ketones is 1. The molecule has 3 atom stereocenters. The van der Waals surface area contributed by atoms with Gasteiger partial charge in [-0.15, -0.1) is 11.3 Å². The number of likely N-dealkylation sites (N-methyl/N-ethyl adjacent to an activating group) is 1. The van der Waals surface area contributed by atoms with Gasteiger partial charge in [-0.05, 0) is 92.9 Å². The molecule has 0 radical (unpaired) electrons. The van der Waals surface area contributed by atoms with Crippen LogP contribution in [0.4, 0.5) is 5.69 Å². The number of nitrogens with zero attached hydrogens (tertiary/aromatic N) is 1. The van der Waals surface area contributed by atoms with Gasteiger partial charge < -0.3 is 32.2 Å². The molecule has 1 fully saturated rings. The summed E-state index contributed by atoms with van der Waals surface area (Å²) in [6, 6.07) is 15.8. The van der Waals surface area contributed by atoms with Gasteiger partial charge in [0.25, 0.3) is 5.91 Å². The van der Waals surface area contributed by atoms with Crippen LogP contribution in [0.5, 0.6) is 11.5 Å². The lowest BCUT2D eigenvalue weighted by atomic mass is 9.69. The molecule has 0 saturated carbocycles. The first-order valence-corrected chi connectivity index (χ1v) is 14.7. The van der Waals surface area contributed by atoms with Crippen LogP contribution >= 0.6 is 11.3 Å². The summed E-state index contributed by atoms with van der Waals surface area (Å²) in [6.07, 6.45) is 1.92. The molecule has 4 aromatic rings. The Kier molecular flexibility index (Phi) is 6.86. The Labute approximate surface area is 243 Å². The number of likely N-dealkylation sites (tertiary alicyclic amines) is 1. The molecule has 8 nitrogen and oxygen atoms in total. The number of rotatable bonds is 5. The Morgan fingerprint density at radius 3 is 2.59 bits per heavy atom. The highest BCUT2D eigenvalue weighted by Gasteiger charge is 2.49. The molecule has 9 heteroatoms. The highest BCUT2D eigenvalue weighted by Crippen LogP contribution is 2.50. The predicted molar refractivity (Wildman–Crippen MR) is 164 cm³/mol. The second-order valence-electron chi connectivity index (χ2n) is 11.4. The van der Waals surface area contributed by atoms with Gasteiger partial charge in [0.15, 0.2) is 5.78 Å². The number of anilines is 1. The van der Waals surface area contributed by atoms with E-state index in [2.05, 4.69) is 10.2 Å². The largest absolute Gasteiger partial charge is 0.457 e. The molecule has 3 aromatic carbocycles. The Balaban J connectivity index is 1.42. The fourth-order valence-corrected chi connectivity index (χ4v) is 7.52. The van der Waals surface area contributed by atoms with Crippen molar-refractivity contribution >= 4 is 38.8 Å². The number of amides is 1. The van der Waals surface area contributed by atoms with Gasteiger partial charge in [0, 0.05) is 29.2 Å². The SMILES string of the molecule is Cc1cccc(Oc2ccc(C3(N)C(=O)C(N)c4c(C(=O)NC5CCCN(C)C5)sc5c(N)ccc3c45)c(C)c2)c1. The summed E-state index contributed by atoms with van der Waals surface area (Å²) in [5.74, 6) is 0.771. The van der Waals surface area contributed by atoms with Gasteiger partial charge in [0.05, 0.1) is 15.6 Å². The van der Waals surface area contributed by atoms with E-state index in [-0.39, 0.29) is 17.7 Å². The molecule has 7 N–H and O–H groups in total. The lowest BCUT2D eigenvalue weighted by molar-refractivity contribution is -0.124. The smallest absolute Gasteiger partial charge is 0.262 e. The highest BCUT2D eigenvalue weighted by atomic mass is 32.1. The number of carbonyl (C=O) groups excluding carboxylic acids is 2. The number of nitrogens with two attached hydrogens (primary N) is 3. The minimum atomic E-state index is -1.52. The van der Waals surface area contributed by atoms with E-state index in [1.807, 2.05) is 63.4 Å². The molecule has 0 bridgehead atoms. The van der Waals surface area contributed by atoms with Gasteiger partial charge in [-0.2, -0.15) is 0 Å². The molecule has 1 amide bonds. The first-order valence-electron chi connectivity index (χ1n) is 13.9. The highest BCUT2D eigenvalue weighted by molar-refractivity contribution is 7.21. The van der Waals surface area contributed by atoms with E-state index in [0.29, 0.717) is 38.4 Å². The number of benzene rings is 3. The summed E-state index contributed by atoms with van der Waals surface area (Å²) in [6.45, 7) is 5.70. The van der Waals surface area contributed by atoms with Crippen molar-refractivity contribution in [3.63, 3.8) is 0 Å². The number of carbonyl (C=O) groups is 2. The molecule has 41 heavy (non-hydrogen) atoms. The minimum Gasteiger partial charge on any atom is -0.457 e. The molecule has 1 aromatic heterocycles. The van der Waals surface area contributed by atoms with E-state index in [1.54, 1.807) is 12.1 Å². The predicted octanol–water partition coefficient (Wildman–Crippen LogP) is 4.50. The summed E-state index contributed by atoms with van der Waals surface area (Å²) >= 11 is 1.28. The summed E-state index contributed by atoms with van der Waals surface area (Å²) in [7, 11) is 2.05. The second-order valence-corrected chi connectivity index (χ2v) is 12.4. The maximum absolute atomic E-state index is 14.2. The Morgan fingerprint density at radius 2 is 1.85 bits per heavy atom. The molecule has 212 valence electrons. The molecule has 2 aliphatic rings. The minimum absolute atomic E-state index is 0.0304. The van der Waals surface area contributed by atoms with Crippen LogP contribution in [0.15, 0.2) is 54.6 Å². The number of aryl methyl sites for hydroxylation is 2. The van der Waals surface area contributed by atoms with Crippen molar-refractivity contribution in [2.75, 3.05) is 25.9 Å². The maximum Gasteiger partial charge on any atom is 0.262 e. The van der Waals surface area contributed by atoms with Gasteiger partial charge in [0.2, 0.25) is 0 Å². The van der Waals surface area contributed by atoms with Crippen molar-refractivity contribution in [3.8, 4) is 11.5 Å². The lowest BCUT2D eigenvalue weighted by Crippen LogP contribution is -2.53. The number of Topliss-reactive ketones (excluding diaryl/α,β-unsaturated/α-hetero) is 1. The molecule has 1 aliphatic carbocycles. The van der Waals surface area contributed by atoms with Crippen LogP contribution < -0.4 is 27.3 Å². The molecule has 3 unspecified atom stereocenters. The second kappa shape index (κ2) is 10.3. The summed E-state index contributed by atoms with van der Waals surface area (Å²) in [4.78, 5) is 30.4. The van der Waals surface area contributed by atoms with E-state index >= 15 is 0 Å². The zero-order valence-corrected chi connectivity index (χ0v) is 24.3. The number of ether oxygens (including phenoxy) is 1. The van der Waals surface area contributed by atoms with Crippen molar-refractivity contribution in [2.45, 2.75) is 44.3 Å². The summed E-state index contributed by atoms with van der Waals surface area (Å²) < 4.78 is 6.80. The lowest BCUT2D eigenvalue weighted by Gasteiger charge is -2.37. The van der Waals surface area contributed by atoms with Crippen LogP contribution in [0.3, 0.4) is 0 Å². The molecule has 6 rings (SSSR count). The van der Waals surface area contributed by atoms with Crippen LogP contribution in [0, 0.1) is 13.8 Å². The molecule has 1 aliphatic heterocycles. The molecule has 2 heterocycles. The van der Waals surface area contributed by atoms with Crippen LogP contribution in [-0.2, 0) is 10.3 Å². The summed E-state index contributed by atoms with van der Waals surface area (Å²) in [5, 5.41) is 3.87. The number of thiophene rings is 1. The first-order chi connectivity index (χ1) is 19.6. The molecule has 1 saturated heterocycles. The number of nitrogen functional groups attached to an aromatic ring is 1. The third-order valence-electron chi connectivity index (χ3n) is 8.33.